The molecular formula is C20H28ClF3N2O2. The molecule has 0 saturated heterocycles. The number of carbonyl (C=O) groups is 2. The summed E-state index contributed by atoms with van der Waals surface area (Å²) < 4.78 is 41.5. The van der Waals surface area contributed by atoms with Gasteiger partial charge in [0.1, 0.15) is 18.5 Å². The molecule has 0 aromatic carbocycles. The van der Waals surface area contributed by atoms with Gasteiger partial charge in [0.2, 0.25) is 11.8 Å². The highest BCUT2D eigenvalue weighted by atomic mass is 35.5. The summed E-state index contributed by atoms with van der Waals surface area (Å²) in [6, 6.07) is -0.670. The monoisotopic (exact) mass is 420 g/mol. The molecule has 0 bridgehead atoms. The molecule has 2 amide bonds. The van der Waals surface area contributed by atoms with Gasteiger partial charge in [-0.25, -0.2) is 13.2 Å². The zero-order chi connectivity index (χ0) is 20.6. The number of halogens is 4. The minimum atomic E-state index is -1.29. The van der Waals surface area contributed by atoms with Gasteiger partial charge in [-0.1, -0.05) is 5.57 Å². The van der Waals surface area contributed by atoms with Crippen molar-refractivity contribution in [3.05, 3.63) is 11.1 Å². The Labute approximate surface area is 168 Å². The van der Waals surface area contributed by atoms with Crippen LogP contribution in [0.5, 0.6) is 0 Å². The number of rotatable bonds is 4. The van der Waals surface area contributed by atoms with Crippen LogP contribution in [0.3, 0.4) is 0 Å². The van der Waals surface area contributed by atoms with Crippen molar-refractivity contribution in [1.82, 2.24) is 10.6 Å². The lowest BCUT2D eigenvalue weighted by molar-refractivity contribution is -0.125. The van der Waals surface area contributed by atoms with Crippen LogP contribution in [0.2, 0.25) is 0 Å². The molecule has 1 aliphatic heterocycles. The van der Waals surface area contributed by atoms with Crippen LogP contribution >= 0.6 is 11.6 Å². The molecule has 3 rings (SSSR count). The Morgan fingerprint density at radius 2 is 1.93 bits per heavy atom. The number of alkyl halides is 4. The summed E-state index contributed by atoms with van der Waals surface area (Å²) in [5.74, 6) is -1.50. The summed E-state index contributed by atoms with van der Waals surface area (Å²) in [5.41, 5.74) is 0.954. The molecule has 28 heavy (non-hydrogen) atoms. The van der Waals surface area contributed by atoms with E-state index in [0.29, 0.717) is 36.8 Å². The van der Waals surface area contributed by atoms with Crippen LogP contribution in [0, 0.1) is 11.8 Å². The van der Waals surface area contributed by atoms with Crippen molar-refractivity contribution in [1.29, 1.82) is 0 Å². The van der Waals surface area contributed by atoms with Gasteiger partial charge in [-0.3, -0.25) is 9.59 Å². The molecule has 0 radical (unpaired) electrons. The molecule has 2 aliphatic carbocycles. The molecule has 2 saturated carbocycles. The summed E-state index contributed by atoms with van der Waals surface area (Å²) in [5, 5.41) is 4.87. The van der Waals surface area contributed by atoms with Crippen molar-refractivity contribution in [2.75, 3.05) is 0 Å². The maximum atomic E-state index is 14.1. The smallest absolute Gasteiger partial charge is 0.247 e. The van der Waals surface area contributed by atoms with Gasteiger partial charge in [0.15, 0.2) is 0 Å². The number of amides is 2. The average Bonchev–Trinajstić information content (AvgIpc) is 2.61. The zero-order valence-corrected chi connectivity index (χ0v) is 16.9. The Morgan fingerprint density at radius 3 is 2.61 bits per heavy atom. The van der Waals surface area contributed by atoms with Gasteiger partial charge in [-0.05, 0) is 39.5 Å². The van der Waals surface area contributed by atoms with Crippen LogP contribution < -0.4 is 10.6 Å². The van der Waals surface area contributed by atoms with E-state index < -0.39 is 41.8 Å². The molecule has 2 fully saturated rings. The number of nitrogens with one attached hydrogen (secondary N) is 2. The van der Waals surface area contributed by atoms with Gasteiger partial charge >= 0.3 is 0 Å². The summed E-state index contributed by atoms with van der Waals surface area (Å²) >= 11 is 6.27. The van der Waals surface area contributed by atoms with E-state index in [9.17, 15) is 22.8 Å². The topological polar surface area (TPSA) is 58.2 Å². The normalized spacial score (nSPS) is 39.8. The Bertz CT molecular complexity index is 659. The molecule has 158 valence electrons. The molecule has 3 aliphatic rings. The molecule has 2 N–H and O–H groups in total. The van der Waals surface area contributed by atoms with E-state index in [1.165, 1.54) is 0 Å². The molecule has 1 heterocycles. The standard InChI is InChI=1S/C20H28ClF3N2O2/c1-9-13(20(28)26-16-6-5-14(23)19(21)18(9)16)8-17(27)25-10(2)12-4-3-11(22)7-15(12)24/h10-12,14-16,18-19H,3-8H2,1-2H3,(H,25,27)(H,26,28)/t10-,11?,12?,14?,15?,16?,18?,19?/m0/s1. The SMILES string of the molecule is CC1=C(CC(=O)N[C@@H](C)C2CCC(F)CC2F)C(=O)NC2CCC(F)C(Cl)C12. The number of hydrogen-bond donors (Lipinski definition) is 2. The number of fused-ring (bicyclic) bond motifs is 1. The minimum absolute atomic E-state index is 0.137. The van der Waals surface area contributed by atoms with Gasteiger partial charge in [0.25, 0.3) is 0 Å². The van der Waals surface area contributed by atoms with Gasteiger partial charge in [-0.2, -0.15) is 0 Å². The summed E-state index contributed by atoms with van der Waals surface area (Å²) in [6.07, 6.45) is -2.37. The number of carbonyl (C=O) groups excluding carboxylic acids is 2. The first-order valence-electron chi connectivity index (χ1n) is 10.0. The van der Waals surface area contributed by atoms with Crippen LogP contribution in [0.25, 0.3) is 0 Å². The molecule has 4 nitrogen and oxygen atoms in total. The first-order chi connectivity index (χ1) is 13.2. The van der Waals surface area contributed by atoms with Crippen molar-refractivity contribution in [2.45, 2.75) is 88.3 Å². The van der Waals surface area contributed by atoms with E-state index in [0.717, 1.165) is 0 Å². The Morgan fingerprint density at radius 1 is 1.21 bits per heavy atom. The van der Waals surface area contributed by atoms with E-state index in [2.05, 4.69) is 10.6 Å². The third-order valence-electron chi connectivity index (χ3n) is 6.57. The van der Waals surface area contributed by atoms with E-state index in [1.807, 2.05) is 0 Å². The predicted molar refractivity (Wildman–Crippen MR) is 101 cm³/mol. The molecule has 0 spiro atoms. The van der Waals surface area contributed by atoms with Crippen LogP contribution in [-0.2, 0) is 9.59 Å². The summed E-state index contributed by atoms with van der Waals surface area (Å²) in [6.45, 7) is 3.44. The third kappa shape index (κ3) is 4.34. The predicted octanol–water partition coefficient (Wildman–Crippen LogP) is 3.53. The van der Waals surface area contributed by atoms with Crippen LogP contribution in [-0.4, -0.2) is 47.8 Å². The van der Waals surface area contributed by atoms with E-state index in [1.54, 1.807) is 13.8 Å². The van der Waals surface area contributed by atoms with Gasteiger partial charge < -0.3 is 10.6 Å². The van der Waals surface area contributed by atoms with Crippen LogP contribution in [0.15, 0.2) is 11.1 Å². The van der Waals surface area contributed by atoms with Gasteiger partial charge in [0, 0.05) is 35.9 Å². The summed E-state index contributed by atoms with van der Waals surface area (Å²) in [4.78, 5) is 25.0. The van der Waals surface area contributed by atoms with E-state index in [-0.39, 0.29) is 30.7 Å². The van der Waals surface area contributed by atoms with Crippen molar-refractivity contribution in [3.8, 4) is 0 Å². The summed E-state index contributed by atoms with van der Waals surface area (Å²) in [7, 11) is 0. The highest BCUT2D eigenvalue weighted by Crippen LogP contribution is 2.40. The largest absolute Gasteiger partial charge is 0.353 e. The zero-order valence-electron chi connectivity index (χ0n) is 16.2. The van der Waals surface area contributed by atoms with E-state index in [4.69, 9.17) is 11.6 Å². The van der Waals surface area contributed by atoms with Gasteiger partial charge in [-0.15, -0.1) is 11.6 Å². The Hall–Kier alpha value is -1.24. The molecule has 8 atom stereocenters. The molecule has 0 aromatic heterocycles. The third-order valence-corrected chi connectivity index (χ3v) is 7.11. The Balaban J connectivity index is 1.66. The lowest BCUT2D eigenvalue weighted by Crippen LogP contribution is -2.54. The fourth-order valence-corrected chi connectivity index (χ4v) is 5.40. The molecule has 0 aromatic rings. The maximum Gasteiger partial charge on any atom is 0.247 e. The van der Waals surface area contributed by atoms with Crippen molar-refractivity contribution in [2.24, 2.45) is 11.8 Å². The molecule has 8 heteroatoms. The first kappa shape index (κ1) is 21.5. The molecular weight excluding hydrogens is 393 g/mol. The fraction of sp³-hybridized carbons (Fsp3) is 0.800. The number of hydrogen-bond acceptors (Lipinski definition) is 2. The second-order valence-corrected chi connectivity index (χ2v) is 8.93. The van der Waals surface area contributed by atoms with Crippen molar-refractivity contribution >= 4 is 23.4 Å². The maximum absolute atomic E-state index is 14.1. The van der Waals surface area contributed by atoms with Crippen molar-refractivity contribution in [3.63, 3.8) is 0 Å². The molecule has 7 unspecified atom stereocenters. The highest BCUT2D eigenvalue weighted by molar-refractivity contribution is 6.21. The average molecular weight is 421 g/mol. The second kappa shape index (κ2) is 8.64. The first-order valence-corrected chi connectivity index (χ1v) is 10.5. The minimum Gasteiger partial charge on any atom is -0.353 e. The lowest BCUT2D eigenvalue weighted by Gasteiger charge is -2.42. The highest BCUT2D eigenvalue weighted by Gasteiger charge is 2.44. The lowest BCUT2D eigenvalue weighted by atomic mass is 9.74. The fourth-order valence-electron chi connectivity index (χ4n) is 4.91. The van der Waals surface area contributed by atoms with Crippen LogP contribution in [0.4, 0.5) is 13.2 Å². The van der Waals surface area contributed by atoms with Gasteiger partial charge in [0.05, 0.1) is 11.8 Å². The van der Waals surface area contributed by atoms with Crippen molar-refractivity contribution < 1.29 is 22.8 Å². The quantitative estimate of drug-likeness (QED) is 0.683. The second-order valence-electron chi connectivity index (χ2n) is 8.43. The van der Waals surface area contributed by atoms with Crippen LogP contribution in [0.1, 0.15) is 52.4 Å². The Kier molecular flexibility index (Phi) is 6.62. The van der Waals surface area contributed by atoms with E-state index >= 15 is 0 Å².